The molecule has 1 aromatic heterocycles. The van der Waals surface area contributed by atoms with Gasteiger partial charge in [-0.05, 0) is 31.0 Å². The first-order valence-corrected chi connectivity index (χ1v) is 6.87. The molecular formula is C17H15N3O3. The average molecular weight is 309 g/mol. The van der Waals surface area contributed by atoms with E-state index in [0.717, 1.165) is 11.2 Å². The lowest BCUT2D eigenvalue weighted by molar-refractivity contribution is 0.408. The van der Waals surface area contributed by atoms with E-state index in [0.29, 0.717) is 22.9 Å². The molecule has 6 nitrogen and oxygen atoms in total. The molecule has 0 atom stereocenters. The summed E-state index contributed by atoms with van der Waals surface area (Å²) in [5.74, 6) is 0.466. The summed E-state index contributed by atoms with van der Waals surface area (Å²) in [4.78, 5) is 7.89. The highest BCUT2D eigenvalue weighted by atomic mass is 16.5. The van der Waals surface area contributed by atoms with Crippen molar-refractivity contribution in [3.8, 4) is 5.75 Å². The first-order chi connectivity index (χ1) is 11.2. The number of benzene rings is 2. The number of rotatable bonds is 5. The summed E-state index contributed by atoms with van der Waals surface area (Å²) >= 11 is 0. The van der Waals surface area contributed by atoms with E-state index in [9.17, 15) is 5.11 Å². The molecule has 0 aliphatic heterocycles. The van der Waals surface area contributed by atoms with Crippen molar-refractivity contribution in [1.82, 2.24) is 4.98 Å². The van der Waals surface area contributed by atoms with E-state index >= 15 is 0 Å². The van der Waals surface area contributed by atoms with Crippen LogP contribution in [0.1, 0.15) is 5.56 Å². The Morgan fingerprint density at radius 1 is 1.35 bits per heavy atom. The van der Waals surface area contributed by atoms with E-state index in [2.05, 4.69) is 22.0 Å². The number of nitrogens with one attached hydrogen (secondary N) is 1. The molecule has 6 heteroatoms. The van der Waals surface area contributed by atoms with Crippen LogP contribution >= 0.6 is 0 Å². The van der Waals surface area contributed by atoms with E-state index < -0.39 is 0 Å². The third-order valence-electron chi connectivity index (χ3n) is 3.24. The molecule has 0 aliphatic carbocycles. The highest BCUT2D eigenvalue weighted by molar-refractivity contribution is 5.75. The number of hydrogen-bond acceptors (Lipinski definition) is 6. The zero-order valence-electron chi connectivity index (χ0n) is 12.5. The second-order valence-corrected chi connectivity index (χ2v) is 4.72. The minimum absolute atomic E-state index is 0.0229. The standard InChI is InChI=1S/C17H15N3O3/c1-18-10-14(21)12-8-7-11(9-16(12)22-2)19-17-20-13-5-3-4-6-15(13)23-17/h3-10,21H,1H2,2H3,(H,19,20)/b14-10-. The molecule has 0 unspecified atom stereocenters. The Bertz CT molecular complexity index is 851. The normalized spacial score (nSPS) is 11.4. The molecule has 2 aromatic carbocycles. The van der Waals surface area contributed by atoms with Gasteiger partial charge in [-0.15, -0.1) is 0 Å². The fourth-order valence-corrected chi connectivity index (χ4v) is 2.19. The number of aliphatic hydroxyl groups is 1. The smallest absolute Gasteiger partial charge is 0.300 e. The van der Waals surface area contributed by atoms with Gasteiger partial charge in [-0.25, -0.2) is 0 Å². The maximum atomic E-state index is 9.90. The molecule has 0 spiro atoms. The number of fused-ring (bicyclic) bond motifs is 1. The van der Waals surface area contributed by atoms with Crippen molar-refractivity contribution in [2.45, 2.75) is 0 Å². The molecule has 2 N–H and O–H groups in total. The third kappa shape index (κ3) is 3.01. The van der Waals surface area contributed by atoms with Crippen molar-refractivity contribution in [1.29, 1.82) is 0 Å². The highest BCUT2D eigenvalue weighted by Crippen LogP contribution is 2.30. The van der Waals surface area contributed by atoms with Crippen molar-refractivity contribution in [2.75, 3.05) is 12.4 Å². The molecule has 116 valence electrons. The second kappa shape index (κ2) is 6.23. The first-order valence-electron chi connectivity index (χ1n) is 6.87. The van der Waals surface area contributed by atoms with E-state index in [1.807, 2.05) is 24.3 Å². The summed E-state index contributed by atoms with van der Waals surface area (Å²) < 4.78 is 10.9. The maximum absolute atomic E-state index is 9.90. The topological polar surface area (TPSA) is 79.9 Å². The van der Waals surface area contributed by atoms with Gasteiger partial charge < -0.3 is 19.6 Å². The fraction of sp³-hybridized carbons (Fsp3) is 0.0588. The van der Waals surface area contributed by atoms with Gasteiger partial charge in [-0.2, -0.15) is 4.98 Å². The van der Waals surface area contributed by atoms with Crippen LogP contribution in [0.3, 0.4) is 0 Å². The molecule has 3 rings (SSSR count). The molecule has 0 bridgehead atoms. The number of ether oxygens (including phenoxy) is 1. The van der Waals surface area contributed by atoms with Gasteiger partial charge in [0.25, 0.3) is 6.01 Å². The monoisotopic (exact) mass is 309 g/mol. The van der Waals surface area contributed by atoms with E-state index in [-0.39, 0.29) is 5.76 Å². The molecule has 0 saturated carbocycles. The van der Waals surface area contributed by atoms with Crippen LogP contribution < -0.4 is 10.1 Å². The van der Waals surface area contributed by atoms with Gasteiger partial charge in [0.15, 0.2) is 5.58 Å². The SMILES string of the molecule is C=N/C=C(\O)c1ccc(Nc2nc3ccccc3o2)cc1OC. The highest BCUT2D eigenvalue weighted by Gasteiger charge is 2.10. The van der Waals surface area contributed by atoms with Crippen molar-refractivity contribution in [2.24, 2.45) is 4.99 Å². The van der Waals surface area contributed by atoms with E-state index in [1.54, 1.807) is 18.2 Å². The average Bonchev–Trinajstić information content (AvgIpc) is 2.97. The van der Waals surface area contributed by atoms with Crippen LogP contribution in [0, 0.1) is 0 Å². The molecular weight excluding hydrogens is 294 g/mol. The Morgan fingerprint density at radius 2 is 2.17 bits per heavy atom. The van der Waals surface area contributed by atoms with E-state index in [4.69, 9.17) is 9.15 Å². The number of hydrogen-bond donors (Lipinski definition) is 2. The molecule has 1 heterocycles. The Kier molecular flexibility index (Phi) is 3.97. The largest absolute Gasteiger partial charge is 0.506 e. The minimum Gasteiger partial charge on any atom is -0.506 e. The zero-order chi connectivity index (χ0) is 16.2. The summed E-state index contributed by atoms with van der Waals surface area (Å²) in [6.45, 7) is 3.32. The predicted molar refractivity (Wildman–Crippen MR) is 90.4 cm³/mol. The van der Waals surface area contributed by atoms with Gasteiger partial charge in [-0.3, -0.25) is 4.99 Å². The number of nitrogens with zero attached hydrogens (tertiary/aromatic N) is 2. The molecule has 0 aliphatic rings. The quantitative estimate of drug-likeness (QED) is 0.547. The first kappa shape index (κ1) is 14.6. The zero-order valence-corrected chi connectivity index (χ0v) is 12.5. The van der Waals surface area contributed by atoms with Crippen LogP contribution in [0.4, 0.5) is 11.7 Å². The lowest BCUT2D eigenvalue weighted by Gasteiger charge is -2.10. The van der Waals surface area contributed by atoms with Crippen molar-refractivity contribution in [3.05, 3.63) is 54.2 Å². The predicted octanol–water partition coefficient (Wildman–Crippen LogP) is 4.14. The number of aliphatic hydroxyl groups excluding tert-OH is 1. The van der Waals surface area contributed by atoms with Crippen LogP contribution in [0.15, 0.2) is 58.1 Å². The van der Waals surface area contributed by atoms with Gasteiger partial charge >= 0.3 is 0 Å². The summed E-state index contributed by atoms with van der Waals surface area (Å²) in [6, 6.07) is 13.1. The maximum Gasteiger partial charge on any atom is 0.300 e. The summed E-state index contributed by atoms with van der Waals surface area (Å²) in [6.07, 6.45) is 1.26. The molecule has 0 amide bonds. The Balaban J connectivity index is 1.91. The van der Waals surface area contributed by atoms with E-state index in [1.165, 1.54) is 13.3 Å². The molecule has 0 radical (unpaired) electrons. The summed E-state index contributed by atoms with van der Waals surface area (Å²) in [5, 5.41) is 13.0. The minimum atomic E-state index is -0.0229. The Labute approximate surface area is 132 Å². The van der Waals surface area contributed by atoms with Crippen LogP contribution in [-0.2, 0) is 0 Å². The summed E-state index contributed by atoms with van der Waals surface area (Å²) in [5.41, 5.74) is 2.71. The molecule has 3 aromatic rings. The van der Waals surface area contributed by atoms with Crippen LogP contribution in [0.5, 0.6) is 5.75 Å². The van der Waals surface area contributed by atoms with Crippen LogP contribution in [0.2, 0.25) is 0 Å². The number of aromatic nitrogens is 1. The van der Waals surface area contributed by atoms with Gasteiger partial charge in [0, 0.05) is 11.8 Å². The number of methoxy groups -OCH3 is 1. The second-order valence-electron chi connectivity index (χ2n) is 4.72. The van der Waals surface area contributed by atoms with Gasteiger partial charge in [0.2, 0.25) is 0 Å². The van der Waals surface area contributed by atoms with Crippen LogP contribution in [0.25, 0.3) is 16.9 Å². The third-order valence-corrected chi connectivity index (χ3v) is 3.24. The lowest BCUT2D eigenvalue weighted by Crippen LogP contribution is -1.95. The number of oxazole rings is 1. The summed E-state index contributed by atoms with van der Waals surface area (Å²) in [7, 11) is 1.52. The number of para-hydroxylation sites is 2. The van der Waals surface area contributed by atoms with Crippen molar-refractivity contribution >= 4 is 35.3 Å². The fourth-order valence-electron chi connectivity index (χ4n) is 2.19. The van der Waals surface area contributed by atoms with Gasteiger partial charge in [-0.1, -0.05) is 12.1 Å². The van der Waals surface area contributed by atoms with Crippen LogP contribution in [-0.4, -0.2) is 23.9 Å². The molecule has 0 saturated heterocycles. The lowest BCUT2D eigenvalue weighted by atomic mass is 10.1. The molecule has 0 fully saturated rings. The Morgan fingerprint density at radius 3 is 2.91 bits per heavy atom. The number of anilines is 2. The van der Waals surface area contributed by atoms with Gasteiger partial charge in [0.05, 0.1) is 18.9 Å². The molecule has 23 heavy (non-hydrogen) atoms. The number of aliphatic imine (C=N–C) groups is 1. The van der Waals surface area contributed by atoms with Crippen molar-refractivity contribution < 1.29 is 14.3 Å². The Hall–Kier alpha value is -3.28. The van der Waals surface area contributed by atoms with Crippen molar-refractivity contribution in [3.63, 3.8) is 0 Å². The van der Waals surface area contributed by atoms with Gasteiger partial charge in [0.1, 0.15) is 17.0 Å².